The third-order valence-electron chi connectivity index (χ3n) is 7.82. The van der Waals surface area contributed by atoms with Crippen molar-refractivity contribution in [3.8, 4) is 44.5 Å². The largest absolute Gasteiger partial charge is 0.0622 e. The van der Waals surface area contributed by atoms with Crippen molar-refractivity contribution in [1.82, 2.24) is 0 Å². The predicted molar refractivity (Wildman–Crippen MR) is 162 cm³/mol. The van der Waals surface area contributed by atoms with Gasteiger partial charge >= 0.3 is 0 Å². The molecule has 0 bridgehead atoms. The number of halogens is 1. The van der Waals surface area contributed by atoms with Crippen LogP contribution in [0, 0.1) is 0 Å². The first-order chi connectivity index (χ1) is 18.3. The lowest BCUT2D eigenvalue weighted by Crippen LogP contribution is -1.93. The highest BCUT2D eigenvalue weighted by atomic mass is 79.9. The van der Waals surface area contributed by atoms with Crippen LogP contribution in [0.25, 0.3) is 76.8 Å². The van der Waals surface area contributed by atoms with E-state index in [1.165, 1.54) is 76.8 Å². The molecular formula is C36H21Br. The number of benzene rings is 7. The summed E-state index contributed by atoms with van der Waals surface area (Å²) >= 11 is 3.79. The van der Waals surface area contributed by atoms with Crippen LogP contribution in [0.4, 0.5) is 0 Å². The first-order valence-corrected chi connectivity index (χ1v) is 13.4. The van der Waals surface area contributed by atoms with Gasteiger partial charge in [-0.15, -0.1) is 0 Å². The second-order valence-corrected chi connectivity index (χ2v) is 10.7. The molecule has 0 atom stereocenters. The second kappa shape index (κ2) is 7.90. The van der Waals surface area contributed by atoms with Crippen LogP contribution < -0.4 is 0 Å². The normalized spacial score (nSPS) is 11.9. The van der Waals surface area contributed by atoms with E-state index in [1.54, 1.807) is 0 Å². The van der Waals surface area contributed by atoms with Crippen LogP contribution in [0.1, 0.15) is 0 Å². The summed E-state index contributed by atoms with van der Waals surface area (Å²) in [5.41, 5.74) is 10.5. The quantitative estimate of drug-likeness (QED) is 0.194. The van der Waals surface area contributed by atoms with Crippen molar-refractivity contribution >= 4 is 48.2 Å². The van der Waals surface area contributed by atoms with Crippen molar-refractivity contribution in [2.45, 2.75) is 0 Å². The third kappa shape index (κ3) is 2.95. The topological polar surface area (TPSA) is 0 Å². The molecule has 0 amide bonds. The molecule has 0 fully saturated rings. The Kier molecular flexibility index (Phi) is 4.47. The Morgan fingerprint density at radius 3 is 1.76 bits per heavy atom. The summed E-state index contributed by atoms with van der Waals surface area (Å²) in [5.74, 6) is 0. The summed E-state index contributed by atoms with van der Waals surface area (Å²) in [6, 6.07) is 46.6. The highest BCUT2D eigenvalue weighted by Gasteiger charge is 2.31. The molecule has 0 aromatic heterocycles. The first kappa shape index (κ1) is 20.9. The lowest BCUT2D eigenvalue weighted by molar-refractivity contribution is 1.61. The van der Waals surface area contributed by atoms with Gasteiger partial charge in [0.25, 0.3) is 0 Å². The molecule has 37 heavy (non-hydrogen) atoms. The van der Waals surface area contributed by atoms with Crippen LogP contribution >= 0.6 is 15.9 Å². The van der Waals surface area contributed by atoms with Gasteiger partial charge in [0.2, 0.25) is 0 Å². The van der Waals surface area contributed by atoms with Crippen LogP contribution in [0.15, 0.2) is 132 Å². The van der Waals surface area contributed by atoms with Crippen molar-refractivity contribution in [2.75, 3.05) is 0 Å². The van der Waals surface area contributed by atoms with Gasteiger partial charge in [-0.3, -0.25) is 0 Å². The van der Waals surface area contributed by atoms with Gasteiger partial charge in [-0.2, -0.15) is 0 Å². The van der Waals surface area contributed by atoms with Crippen molar-refractivity contribution in [1.29, 1.82) is 0 Å². The minimum absolute atomic E-state index is 1.09. The van der Waals surface area contributed by atoms with E-state index in [1.807, 2.05) is 0 Å². The molecule has 0 nitrogen and oxygen atoms in total. The minimum Gasteiger partial charge on any atom is -0.0622 e. The highest BCUT2D eigenvalue weighted by molar-refractivity contribution is 9.10. The SMILES string of the molecule is Brc1ccc2c(-c3ccccc3)c3c(c(-c4ccccc4)c2c1)-c1cccc2c1c-3cc1ccccc12. The smallest absolute Gasteiger partial charge is 0.0181 e. The number of hydrogen-bond donors (Lipinski definition) is 0. The summed E-state index contributed by atoms with van der Waals surface area (Å²) < 4.78 is 1.09. The molecule has 1 heteroatoms. The Morgan fingerprint density at radius 2 is 1.00 bits per heavy atom. The maximum atomic E-state index is 3.79. The van der Waals surface area contributed by atoms with Gasteiger partial charge in [0, 0.05) is 4.47 Å². The maximum absolute atomic E-state index is 3.79. The van der Waals surface area contributed by atoms with Gasteiger partial charge in [0.1, 0.15) is 0 Å². The molecule has 0 aliphatic heterocycles. The minimum atomic E-state index is 1.09. The van der Waals surface area contributed by atoms with Gasteiger partial charge in [-0.1, -0.05) is 125 Å². The molecule has 7 aromatic rings. The lowest BCUT2D eigenvalue weighted by Gasteiger charge is -2.20. The zero-order valence-electron chi connectivity index (χ0n) is 20.0. The summed E-state index contributed by atoms with van der Waals surface area (Å²) in [7, 11) is 0. The lowest BCUT2D eigenvalue weighted by atomic mass is 9.82. The summed E-state index contributed by atoms with van der Waals surface area (Å²) in [4.78, 5) is 0. The fraction of sp³-hybridized carbons (Fsp3) is 0. The zero-order valence-corrected chi connectivity index (χ0v) is 21.6. The van der Waals surface area contributed by atoms with Crippen LogP contribution in [0.3, 0.4) is 0 Å². The van der Waals surface area contributed by atoms with E-state index in [0.717, 1.165) is 4.47 Å². The number of rotatable bonds is 2. The first-order valence-electron chi connectivity index (χ1n) is 12.6. The van der Waals surface area contributed by atoms with Crippen molar-refractivity contribution in [3.05, 3.63) is 132 Å². The number of hydrogen-bond acceptors (Lipinski definition) is 0. The van der Waals surface area contributed by atoms with Gasteiger partial charge < -0.3 is 0 Å². The van der Waals surface area contributed by atoms with E-state index in [4.69, 9.17) is 0 Å². The highest BCUT2D eigenvalue weighted by Crippen LogP contribution is 2.58. The van der Waals surface area contributed by atoms with Gasteiger partial charge in [-0.05, 0) is 95.0 Å². The molecule has 0 saturated heterocycles. The van der Waals surface area contributed by atoms with E-state index in [9.17, 15) is 0 Å². The molecule has 0 saturated carbocycles. The molecule has 0 radical (unpaired) electrons. The van der Waals surface area contributed by atoms with E-state index >= 15 is 0 Å². The predicted octanol–water partition coefficient (Wildman–Crippen LogP) is 10.9. The van der Waals surface area contributed by atoms with E-state index in [2.05, 4.69) is 143 Å². The third-order valence-corrected chi connectivity index (χ3v) is 8.31. The molecule has 8 rings (SSSR count). The fourth-order valence-corrected chi connectivity index (χ4v) is 6.74. The zero-order chi connectivity index (χ0) is 24.5. The fourth-order valence-electron chi connectivity index (χ4n) is 6.38. The van der Waals surface area contributed by atoms with E-state index in [0.29, 0.717) is 0 Å². The molecule has 0 N–H and O–H groups in total. The Bertz CT molecular complexity index is 2020. The summed E-state index contributed by atoms with van der Waals surface area (Å²) in [5, 5.41) is 7.83. The summed E-state index contributed by atoms with van der Waals surface area (Å²) in [6.45, 7) is 0. The molecule has 1 aliphatic rings. The average Bonchev–Trinajstić information content (AvgIpc) is 3.27. The standard InChI is InChI=1S/C36H21Br/c37-25-18-19-28-30(21-25)33(23-12-5-2-6-13-23)35-29-17-9-16-27-26-15-8-7-14-24(26)20-31(34(27)29)36(35)32(28)22-10-3-1-4-11-22/h1-21H. The molecule has 0 spiro atoms. The monoisotopic (exact) mass is 532 g/mol. The maximum Gasteiger partial charge on any atom is 0.0181 e. The molecule has 0 unspecified atom stereocenters. The van der Waals surface area contributed by atoms with Crippen molar-refractivity contribution < 1.29 is 0 Å². The van der Waals surface area contributed by atoms with E-state index < -0.39 is 0 Å². The van der Waals surface area contributed by atoms with Gasteiger partial charge in [-0.25, -0.2) is 0 Å². The number of fused-ring (bicyclic) bond motifs is 6. The van der Waals surface area contributed by atoms with Gasteiger partial charge in [0.15, 0.2) is 0 Å². The molecule has 172 valence electrons. The Hall–Kier alpha value is -4.20. The molecule has 7 aromatic carbocycles. The Labute approximate surface area is 224 Å². The molecular weight excluding hydrogens is 512 g/mol. The van der Waals surface area contributed by atoms with Crippen molar-refractivity contribution in [3.63, 3.8) is 0 Å². The molecule has 1 aliphatic carbocycles. The second-order valence-electron chi connectivity index (χ2n) is 9.80. The van der Waals surface area contributed by atoms with E-state index in [-0.39, 0.29) is 0 Å². The summed E-state index contributed by atoms with van der Waals surface area (Å²) in [6.07, 6.45) is 0. The Balaban J connectivity index is 1.68. The van der Waals surface area contributed by atoms with Crippen molar-refractivity contribution in [2.24, 2.45) is 0 Å². The van der Waals surface area contributed by atoms with Gasteiger partial charge in [0.05, 0.1) is 0 Å². The van der Waals surface area contributed by atoms with Crippen LogP contribution in [-0.2, 0) is 0 Å². The Morgan fingerprint density at radius 1 is 0.378 bits per heavy atom. The molecule has 0 heterocycles. The van der Waals surface area contributed by atoms with Crippen LogP contribution in [0.5, 0.6) is 0 Å². The van der Waals surface area contributed by atoms with Crippen LogP contribution in [0.2, 0.25) is 0 Å². The van der Waals surface area contributed by atoms with Crippen LogP contribution in [-0.4, -0.2) is 0 Å². The average molecular weight is 533 g/mol.